The predicted octanol–water partition coefficient (Wildman–Crippen LogP) is 3.20. The minimum Gasteiger partial charge on any atom is -0.496 e. The summed E-state index contributed by atoms with van der Waals surface area (Å²) in [4.78, 5) is 39.5. The maximum absolute atomic E-state index is 12.6. The number of hydrogen-bond donors (Lipinski definition) is 1. The molecular weight excluding hydrogens is 334 g/mol. The van der Waals surface area contributed by atoms with Gasteiger partial charge in [0.25, 0.3) is 0 Å². The summed E-state index contributed by atoms with van der Waals surface area (Å²) in [6.45, 7) is 6.41. The van der Waals surface area contributed by atoms with Gasteiger partial charge in [0.2, 0.25) is 5.78 Å². The zero-order valence-corrected chi connectivity index (χ0v) is 15.6. The van der Waals surface area contributed by atoms with Crippen LogP contribution in [0.2, 0.25) is 0 Å². The molecule has 1 N–H and O–H groups in total. The fourth-order valence-electron chi connectivity index (χ4n) is 3.02. The van der Waals surface area contributed by atoms with Crippen molar-refractivity contribution in [1.82, 2.24) is 4.98 Å². The third-order valence-electron chi connectivity index (χ3n) is 4.24. The Labute approximate surface area is 152 Å². The minimum atomic E-state index is -0.964. The SMILES string of the molecule is COc1ccccc1CC(=O)O[C@H](C)C(=O)c1[nH]c(C)c(C(C)=O)c1C. The smallest absolute Gasteiger partial charge is 0.311 e. The average Bonchev–Trinajstić information content (AvgIpc) is 2.88. The molecule has 2 aromatic rings. The van der Waals surface area contributed by atoms with Crippen molar-refractivity contribution in [2.75, 3.05) is 7.11 Å². The van der Waals surface area contributed by atoms with Gasteiger partial charge >= 0.3 is 5.97 Å². The number of esters is 1. The van der Waals surface area contributed by atoms with Crippen molar-refractivity contribution in [3.63, 3.8) is 0 Å². The quantitative estimate of drug-likeness (QED) is 0.607. The molecule has 1 heterocycles. The van der Waals surface area contributed by atoms with Crippen molar-refractivity contribution in [3.05, 3.63) is 52.3 Å². The van der Waals surface area contributed by atoms with E-state index in [1.807, 2.05) is 6.07 Å². The molecule has 0 bridgehead atoms. The Balaban J connectivity index is 2.11. The summed E-state index contributed by atoms with van der Waals surface area (Å²) in [6.07, 6.45) is -0.961. The second kappa shape index (κ2) is 7.99. The number of aryl methyl sites for hydroxylation is 1. The van der Waals surface area contributed by atoms with Crippen molar-refractivity contribution in [3.8, 4) is 5.75 Å². The Kier molecular flexibility index (Phi) is 5.97. The lowest BCUT2D eigenvalue weighted by atomic mass is 10.0. The first-order chi connectivity index (χ1) is 12.3. The number of ketones is 2. The van der Waals surface area contributed by atoms with Crippen LogP contribution >= 0.6 is 0 Å². The van der Waals surface area contributed by atoms with Gasteiger partial charge in [-0.2, -0.15) is 0 Å². The van der Waals surface area contributed by atoms with Gasteiger partial charge in [-0.05, 0) is 39.3 Å². The highest BCUT2D eigenvalue weighted by molar-refractivity contribution is 6.05. The van der Waals surface area contributed by atoms with Crippen LogP contribution in [0.15, 0.2) is 24.3 Å². The summed E-state index contributed by atoms with van der Waals surface area (Å²) < 4.78 is 10.5. The van der Waals surface area contributed by atoms with Gasteiger partial charge in [0.1, 0.15) is 5.75 Å². The number of aromatic amines is 1. The minimum absolute atomic E-state index is 0.00304. The molecule has 0 saturated heterocycles. The first-order valence-corrected chi connectivity index (χ1v) is 8.32. The van der Waals surface area contributed by atoms with Crippen LogP contribution in [0, 0.1) is 13.8 Å². The lowest BCUT2D eigenvalue weighted by molar-refractivity contribution is -0.145. The van der Waals surface area contributed by atoms with Gasteiger partial charge in [0.05, 0.1) is 19.2 Å². The van der Waals surface area contributed by atoms with Gasteiger partial charge in [-0.25, -0.2) is 0 Å². The molecule has 0 saturated carbocycles. The summed E-state index contributed by atoms with van der Waals surface area (Å²) in [7, 11) is 1.53. The van der Waals surface area contributed by atoms with Crippen molar-refractivity contribution < 1.29 is 23.9 Å². The van der Waals surface area contributed by atoms with Crippen LogP contribution in [-0.4, -0.2) is 35.7 Å². The lowest BCUT2D eigenvalue weighted by Crippen LogP contribution is -2.26. The number of benzene rings is 1. The predicted molar refractivity (Wildman–Crippen MR) is 96.9 cm³/mol. The maximum atomic E-state index is 12.6. The molecule has 0 fully saturated rings. The van der Waals surface area contributed by atoms with Crippen LogP contribution in [0.4, 0.5) is 0 Å². The molecule has 6 heteroatoms. The number of nitrogens with one attached hydrogen (secondary N) is 1. The van der Waals surface area contributed by atoms with Gasteiger partial charge in [-0.1, -0.05) is 18.2 Å². The van der Waals surface area contributed by atoms with E-state index in [0.29, 0.717) is 33.8 Å². The summed E-state index contributed by atoms with van der Waals surface area (Å²) in [5, 5.41) is 0. The third kappa shape index (κ3) is 4.02. The number of carbonyl (C=O) groups is 3. The highest BCUT2D eigenvalue weighted by Gasteiger charge is 2.26. The number of carbonyl (C=O) groups excluding carboxylic acids is 3. The maximum Gasteiger partial charge on any atom is 0.311 e. The lowest BCUT2D eigenvalue weighted by Gasteiger charge is -2.13. The number of methoxy groups -OCH3 is 1. The van der Waals surface area contributed by atoms with E-state index in [1.165, 1.54) is 21.0 Å². The van der Waals surface area contributed by atoms with E-state index in [0.717, 1.165) is 0 Å². The molecule has 0 amide bonds. The first kappa shape index (κ1) is 19.4. The molecule has 1 atom stereocenters. The number of ether oxygens (including phenoxy) is 2. The monoisotopic (exact) mass is 357 g/mol. The van der Waals surface area contributed by atoms with Gasteiger partial charge in [-0.15, -0.1) is 0 Å². The van der Waals surface area contributed by atoms with E-state index in [2.05, 4.69) is 4.98 Å². The molecule has 0 unspecified atom stereocenters. The highest BCUT2D eigenvalue weighted by Crippen LogP contribution is 2.21. The van der Waals surface area contributed by atoms with Crippen molar-refractivity contribution >= 4 is 17.5 Å². The number of H-pyrrole nitrogens is 1. The molecular formula is C20H23NO5. The Bertz CT molecular complexity index is 850. The molecule has 26 heavy (non-hydrogen) atoms. The average molecular weight is 357 g/mol. The fraction of sp³-hybridized carbons (Fsp3) is 0.350. The Hall–Kier alpha value is -2.89. The topological polar surface area (TPSA) is 85.5 Å². The second-order valence-electron chi connectivity index (χ2n) is 6.17. The Morgan fingerprint density at radius 1 is 1.15 bits per heavy atom. The molecule has 0 aliphatic rings. The van der Waals surface area contributed by atoms with Crippen molar-refractivity contribution in [2.24, 2.45) is 0 Å². The van der Waals surface area contributed by atoms with Crippen molar-refractivity contribution in [2.45, 2.75) is 40.2 Å². The fourth-order valence-corrected chi connectivity index (χ4v) is 3.02. The van der Waals surface area contributed by atoms with Crippen LogP contribution < -0.4 is 4.74 Å². The summed E-state index contributed by atoms with van der Waals surface area (Å²) in [5.74, 6) is -0.420. The molecule has 0 aliphatic heterocycles. The van der Waals surface area contributed by atoms with Crippen LogP contribution in [0.5, 0.6) is 5.75 Å². The zero-order chi connectivity index (χ0) is 19.4. The van der Waals surface area contributed by atoms with Gasteiger partial charge in [-0.3, -0.25) is 14.4 Å². The molecule has 0 radical (unpaired) electrons. The van der Waals surface area contributed by atoms with Crippen LogP contribution in [0.25, 0.3) is 0 Å². The number of aromatic nitrogens is 1. The largest absolute Gasteiger partial charge is 0.496 e. The Morgan fingerprint density at radius 3 is 2.38 bits per heavy atom. The number of rotatable bonds is 7. The van der Waals surface area contributed by atoms with E-state index in [1.54, 1.807) is 32.0 Å². The van der Waals surface area contributed by atoms with E-state index < -0.39 is 12.1 Å². The van der Waals surface area contributed by atoms with Crippen LogP contribution in [0.1, 0.15) is 51.5 Å². The molecule has 0 spiro atoms. The number of para-hydroxylation sites is 1. The second-order valence-corrected chi connectivity index (χ2v) is 6.17. The summed E-state index contributed by atoms with van der Waals surface area (Å²) in [5.41, 5.74) is 2.69. The Morgan fingerprint density at radius 2 is 1.81 bits per heavy atom. The number of Topliss-reactive ketones (excluding diaryl/α,β-unsaturated/α-hetero) is 2. The molecule has 0 aliphatic carbocycles. The van der Waals surface area contributed by atoms with E-state index in [9.17, 15) is 14.4 Å². The van der Waals surface area contributed by atoms with Crippen LogP contribution in [-0.2, 0) is 16.0 Å². The summed E-state index contributed by atoms with van der Waals surface area (Å²) in [6, 6.07) is 7.13. The van der Waals surface area contributed by atoms with Crippen molar-refractivity contribution in [1.29, 1.82) is 0 Å². The molecule has 1 aromatic carbocycles. The van der Waals surface area contributed by atoms with E-state index in [-0.39, 0.29) is 18.0 Å². The van der Waals surface area contributed by atoms with Gasteiger partial charge < -0.3 is 14.5 Å². The summed E-state index contributed by atoms with van der Waals surface area (Å²) >= 11 is 0. The first-order valence-electron chi connectivity index (χ1n) is 8.32. The van der Waals surface area contributed by atoms with E-state index >= 15 is 0 Å². The molecule has 6 nitrogen and oxygen atoms in total. The third-order valence-corrected chi connectivity index (χ3v) is 4.24. The zero-order valence-electron chi connectivity index (χ0n) is 15.6. The molecule has 2 rings (SSSR count). The van der Waals surface area contributed by atoms with Crippen LogP contribution in [0.3, 0.4) is 0 Å². The normalized spacial score (nSPS) is 11.7. The molecule has 1 aromatic heterocycles. The highest BCUT2D eigenvalue weighted by atomic mass is 16.5. The number of hydrogen-bond acceptors (Lipinski definition) is 5. The standard InChI is InChI=1S/C20H23NO5/c1-11-18(13(3)22)12(2)21-19(11)20(24)14(4)26-17(23)10-15-8-6-7-9-16(15)25-5/h6-9,14,21H,10H2,1-5H3/t14-/m1/s1. The van der Waals surface area contributed by atoms with E-state index in [4.69, 9.17) is 9.47 Å². The van der Waals surface area contributed by atoms with Gasteiger partial charge in [0, 0.05) is 16.8 Å². The molecule has 138 valence electrons. The van der Waals surface area contributed by atoms with Gasteiger partial charge in [0.15, 0.2) is 11.9 Å².